The molecular weight excluding hydrogens is 416 g/mol. The average Bonchev–Trinajstić information content (AvgIpc) is 3.15. The van der Waals surface area contributed by atoms with Gasteiger partial charge in [-0.2, -0.15) is 5.10 Å². The molecule has 2 aliphatic rings. The molecule has 2 aromatic rings. The molecule has 0 aliphatic carbocycles. The van der Waals surface area contributed by atoms with Crippen molar-refractivity contribution in [2.45, 2.75) is 11.7 Å². The number of hydrogen-bond donors (Lipinski definition) is 2. The average molecular weight is 431 g/mol. The Morgan fingerprint density at radius 3 is 2.97 bits per heavy atom. The van der Waals surface area contributed by atoms with Gasteiger partial charge in [0, 0.05) is 17.1 Å². The maximum Gasteiger partial charge on any atom is 0.238 e. The third-order valence-electron chi connectivity index (χ3n) is 4.01. The lowest BCUT2D eigenvalue weighted by Gasteiger charge is -2.21. The number of halogens is 1. The van der Waals surface area contributed by atoms with Gasteiger partial charge in [0.15, 0.2) is 16.7 Å². The molecule has 148 valence electrons. The van der Waals surface area contributed by atoms with Crippen LogP contribution in [0.1, 0.15) is 12.0 Å². The second-order valence-electron chi connectivity index (χ2n) is 6.12. The normalized spacial score (nSPS) is 19.4. The number of nitrogens with zero attached hydrogens (tertiary/aromatic N) is 2. The molecule has 0 radical (unpaired) electrons. The van der Waals surface area contributed by atoms with Gasteiger partial charge in [0.05, 0.1) is 6.21 Å². The number of carbonyl (C=O) groups excluding carboxylic acids is 2. The first-order valence-corrected chi connectivity index (χ1v) is 9.86. The SMILES string of the molecule is O=C1CC(C(=O)Nc2cccc(Cl)c2)SC(=NN=Cc2ccc3c(c2)OCO3)N1. The van der Waals surface area contributed by atoms with E-state index in [4.69, 9.17) is 21.1 Å². The molecule has 0 bridgehead atoms. The topological polar surface area (TPSA) is 101 Å². The van der Waals surface area contributed by atoms with Crippen molar-refractivity contribution in [1.82, 2.24) is 5.32 Å². The quantitative estimate of drug-likeness (QED) is 0.573. The number of rotatable bonds is 4. The molecule has 8 nitrogen and oxygen atoms in total. The molecule has 2 aliphatic heterocycles. The van der Waals surface area contributed by atoms with Crippen LogP contribution in [0.25, 0.3) is 0 Å². The molecule has 0 spiro atoms. The van der Waals surface area contributed by atoms with Crippen molar-refractivity contribution >= 4 is 52.2 Å². The largest absolute Gasteiger partial charge is 0.454 e. The lowest BCUT2D eigenvalue weighted by Crippen LogP contribution is -2.41. The second kappa shape index (κ2) is 8.54. The minimum absolute atomic E-state index is 0.0436. The number of amides is 2. The summed E-state index contributed by atoms with van der Waals surface area (Å²) in [6.07, 6.45) is 1.57. The third kappa shape index (κ3) is 4.87. The number of ether oxygens (including phenoxy) is 2. The zero-order valence-electron chi connectivity index (χ0n) is 14.9. The van der Waals surface area contributed by atoms with Gasteiger partial charge < -0.3 is 20.1 Å². The van der Waals surface area contributed by atoms with E-state index in [-0.39, 0.29) is 30.2 Å². The van der Waals surface area contributed by atoms with Crippen molar-refractivity contribution < 1.29 is 19.1 Å². The van der Waals surface area contributed by atoms with E-state index >= 15 is 0 Å². The van der Waals surface area contributed by atoms with Crippen molar-refractivity contribution in [2.24, 2.45) is 10.2 Å². The summed E-state index contributed by atoms with van der Waals surface area (Å²) in [5, 5.41) is 13.5. The van der Waals surface area contributed by atoms with Crippen LogP contribution in [0.5, 0.6) is 11.5 Å². The zero-order chi connectivity index (χ0) is 20.2. The van der Waals surface area contributed by atoms with Crippen molar-refractivity contribution in [1.29, 1.82) is 0 Å². The summed E-state index contributed by atoms with van der Waals surface area (Å²) in [5.74, 6) is 0.711. The van der Waals surface area contributed by atoms with Gasteiger partial charge in [-0.25, -0.2) is 0 Å². The monoisotopic (exact) mass is 430 g/mol. The Hall–Kier alpha value is -3.04. The lowest BCUT2D eigenvalue weighted by molar-refractivity contribution is -0.123. The number of carbonyl (C=O) groups is 2. The molecule has 0 aromatic heterocycles. The second-order valence-corrected chi connectivity index (χ2v) is 7.75. The molecule has 1 atom stereocenters. The smallest absolute Gasteiger partial charge is 0.238 e. The molecule has 1 unspecified atom stereocenters. The molecule has 2 amide bonds. The maximum atomic E-state index is 12.5. The van der Waals surface area contributed by atoms with Gasteiger partial charge in [-0.1, -0.05) is 29.4 Å². The van der Waals surface area contributed by atoms with E-state index in [1.807, 2.05) is 6.07 Å². The van der Waals surface area contributed by atoms with Crippen molar-refractivity contribution in [3.8, 4) is 11.5 Å². The molecule has 10 heteroatoms. The van der Waals surface area contributed by atoms with E-state index in [9.17, 15) is 9.59 Å². The molecule has 29 heavy (non-hydrogen) atoms. The molecule has 4 rings (SSSR count). The zero-order valence-corrected chi connectivity index (χ0v) is 16.5. The van der Waals surface area contributed by atoms with Crippen LogP contribution in [0, 0.1) is 0 Å². The van der Waals surface area contributed by atoms with E-state index in [0.717, 1.165) is 17.3 Å². The molecule has 2 aromatic carbocycles. The Morgan fingerprint density at radius 1 is 1.24 bits per heavy atom. The number of benzene rings is 2. The van der Waals surface area contributed by atoms with E-state index in [0.29, 0.717) is 22.2 Å². The number of hydrogen-bond acceptors (Lipinski definition) is 7. The highest BCUT2D eigenvalue weighted by Crippen LogP contribution is 2.32. The fourth-order valence-corrected chi connectivity index (χ4v) is 3.80. The van der Waals surface area contributed by atoms with Crippen LogP contribution in [0.2, 0.25) is 5.02 Å². The molecular formula is C19H15ClN4O4S. The van der Waals surface area contributed by atoms with Crippen molar-refractivity contribution in [2.75, 3.05) is 12.1 Å². The summed E-state index contributed by atoms with van der Waals surface area (Å²) in [4.78, 5) is 24.5. The summed E-state index contributed by atoms with van der Waals surface area (Å²) in [6, 6.07) is 12.2. The van der Waals surface area contributed by atoms with Gasteiger partial charge in [0.1, 0.15) is 5.25 Å². The Bertz CT molecular complexity index is 1030. The summed E-state index contributed by atoms with van der Waals surface area (Å²) >= 11 is 7.07. The minimum Gasteiger partial charge on any atom is -0.454 e. The highest BCUT2D eigenvalue weighted by Gasteiger charge is 2.30. The Labute approximate surface area is 175 Å². The van der Waals surface area contributed by atoms with Gasteiger partial charge in [-0.05, 0) is 42.0 Å². The molecule has 0 saturated carbocycles. The van der Waals surface area contributed by atoms with Crippen LogP contribution < -0.4 is 20.1 Å². The van der Waals surface area contributed by atoms with E-state index < -0.39 is 5.25 Å². The standard InChI is InChI=1S/C19H15ClN4O4S/c20-12-2-1-3-13(7-12)22-18(26)16-8-17(25)23-19(29-16)24-21-9-11-4-5-14-15(6-11)28-10-27-14/h1-7,9,16H,8,10H2,(H,22,26)(H,23,24,25). The first kappa shape index (κ1) is 19.3. The number of amidine groups is 1. The summed E-state index contributed by atoms with van der Waals surface area (Å²) in [5.41, 5.74) is 1.33. The maximum absolute atomic E-state index is 12.5. The lowest BCUT2D eigenvalue weighted by atomic mass is 10.2. The summed E-state index contributed by atoms with van der Waals surface area (Å²) in [7, 11) is 0. The van der Waals surface area contributed by atoms with Crippen LogP contribution >= 0.6 is 23.4 Å². The number of nitrogens with one attached hydrogen (secondary N) is 2. The van der Waals surface area contributed by atoms with Crippen LogP contribution in [0.15, 0.2) is 52.7 Å². The van der Waals surface area contributed by atoms with Gasteiger partial charge in [0.2, 0.25) is 18.6 Å². The van der Waals surface area contributed by atoms with E-state index in [2.05, 4.69) is 20.8 Å². The van der Waals surface area contributed by atoms with Gasteiger partial charge in [0.25, 0.3) is 0 Å². The van der Waals surface area contributed by atoms with Crippen molar-refractivity contribution in [3.05, 3.63) is 53.1 Å². The predicted molar refractivity (Wildman–Crippen MR) is 112 cm³/mol. The van der Waals surface area contributed by atoms with Gasteiger partial charge >= 0.3 is 0 Å². The van der Waals surface area contributed by atoms with Crippen LogP contribution in [-0.4, -0.2) is 35.2 Å². The van der Waals surface area contributed by atoms with Crippen molar-refractivity contribution in [3.63, 3.8) is 0 Å². The number of fused-ring (bicyclic) bond motifs is 1. The molecule has 1 fully saturated rings. The molecule has 2 N–H and O–H groups in total. The van der Waals surface area contributed by atoms with E-state index in [1.54, 1.807) is 36.4 Å². The van der Waals surface area contributed by atoms with E-state index in [1.165, 1.54) is 6.21 Å². The molecule has 2 heterocycles. The Balaban J connectivity index is 1.41. The van der Waals surface area contributed by atoms with Crippen LogP contribution in [0.3, 0.4) is 0 Å². The van der Waals surface area contributed by atoms with Gasteiger partial charge in [-0.3, -0.25) is 9.59 Å². The summed E-state index contributed by atoms with van der Waals surface area (Å²) in [6.45, 7) is 0.194. The first-order valence-electron chi connectivity index (χ1n) is 8.60. The Kier molecular flexibility index (Phi) is 5.68. The molecule has 1 saturated heterocycles. The number of thioether (sulfide) groups is 1. The first-order chi connectivity index (χ1) is 14.1. The van der Waals surface area contributed by atoms with Crippen LogP contribution in [-0.2, 0) is 9.59 Å². The summed E-state index contributed by atoms with van der Waals surface area (Å²) < 4.78 is 10.6. The number of anilines is 1. The fraction of sp³-hybridized carbons (Fsp3) is 0.158. The van der Waals surface area contributed by atoms with Gasteiger partial charge in [-0.15, -0.1) is 5.10 Å². The third-order valence-corrected chi connectivity index (χ3v) is 5.31. The highest BCUT2D eigenvalue weighted by molar-refractivity contribution is 8.15. The Morgan fingerprint density at radius 2 is 2.10 bits per heavy atom. The highest BCUT2D eigenvalue weighted by atomic mass is 35.5. The predicted octanol–water partition coefficient (Wildman–Crippen LogP) is 3.02. The van der Waals surface area contributed by atoms with Crippen LogP contribution in [0.4, 0.5) is 5.69 Å². The fourth-order valence-electron chi connectivity index (χ4n) is 2.67. The minimum atomic E-state index is -0.623.